The Morgan fingerprint density at radius 2 is 2.20 bits per heavy atom. The number of rotatable bonds is 6. The Morgan fingerprint density at radius 3 is 2.90 bits per heavy atom. The zero-order valence-electron chi connectivity index (χ0n) is 12.6. The van der Waals surface area contributed by atoms with Gasteiger partial charge in [0, 0.05) is 26.3 Å². The van der Waals surface area contributed by atoms with Crippen LogP contribution in [0.3, 0.4) is 0 Å². The Labute approximate surface area is 121 Å². The number of nitrogens with zero attached hydrogens (tertiary/aromatic N) is 2. The molecule has 0 unspecified atom stereocenters. The van der Waals surface area contributed by atoms with E-state index in [1.54, 1.807) is 12.4 Å². The molecule has 4 heteroatoms. The highest BCUT2D eigenvalue weighted by molar-refractivity contribution is 5.99. The number of hydrogen-bond acceptors (Lipinski definition) is 3. The predicted octanol–water partition coefficient (Wildman–Crippen LogP) is 3.17. The summed E-state index contributed by atoms with van der Waals surface area (Å²) in [5.41, 5.74) is 1.58. The van der Waals surface area contributed by atoms with Crippen LogP contribution < -0.4 is 5.32 Å². The molecule has 0 bridgehead atoms. The number of nitrogens with one attached hydrogen (secondary N) is 1. The van der Waals surface area contributed by atoms with Crippen LogP contribution in [0.5, 0.6) is 0 Å². The lowest BCUT2D eigenvalue weighted by atomic mass is 10.1. The van der Waals surface area contributed by atoms with Crippen molar-refractivity contribution in [3.8, 4) is 0 Å². The van der Waals surface area contributed by atoms with Gasteiger partial charge in [-0.25, -0.2) is 0 Å². The summed E-state index contributed by atoms with van der Waals surface area (Å²) in [5.74, 6) is 0.774. The van der Waals surface area contributed by atoms with Crippen molar-refractivity contribution in [2.45, 2.75) is 39.0 Å². The van der Waals surface area contributed by atoms with Crippen molar-refractivity contribution in [3.63, 3.8) is 0 Å². The van der Waals surface area contributed by atoms with E-state index in [2.05, 4.69) is 17.2 Å². The van der Waals surface area contributed by atoms with E-state index in [0.717, 1.165) is 30.8 Å². The lowest BCUT2D eigenvalue weighted by molar-refractivity contribution is 0.0774. The Kier molecular flexibility index (Phi) is 5.39. The summed E-state index contributed by atoms with van der Waals surface area (Å²) in [6.07, 6.45) is 9.60. The Balaban J connectivity index is 2.03. The lowest BCUT2D eigenvalue weighted by Gasteiger charge is -2.22. The molecule has 110 valence electrons. The molecule has 0 aliphatic heterocycles. The monoisotopic (exact) mass is 275 g/mol. The quantitative estimate of drug-likeness (QED) is 0.867. The SMILES string of the molecule is CCCNc1cnccc1C(=O)N(C)CC1CCCC1. The summed E-state index contributed by atoms with van der Waals surface area (Å²) in [4.78, 5) is 18.5. The Hall–Kier alpha value is -1.58. The minimum Gasteiger partial charge on any atom is -0.383 e. The minimum atomic E-state index is 0.0953. The van der Waals surface area contributed by atoms with Gasteiger partial charge in [0.05, 0.1) is 17.4 Å². The largest absolute Gasteiger partial charge is 0.383 e. The third kappa shape index (κ3) is 3.71. The highest BCUT2D eigenvalue weighted by atomic mass is 16.2. The van der Waals surface area contributed by atoms with Crippen LogP contribution in [-0.4, -0.2) is 35.9 Å². The molecular weight excluding hydrogens is 250 g/mol. The summed E-state index contributed by atoms with van der Waals surface area (Å²) < 4.78 is 0. The van der Waals surface area contributed by atoms with Crippen molar-refractivity contribution in [1.82, 2.24) is 9.88 Å². The number of anilines is 1. The van der Waals surface area contributed by atoms with Crippen LogP contribution in [0.25, 0.3) is 0 Å². The van der Waals surface area contributed by atoms with Crippen molar-refractivity contribution < 1.29 is 4.79 Å². The first-order chi connectivity index (χ1) is 9.72. The zero-order valence-corrected chi connectivity index (χ0v) is 12.6. The summed E-state index contributed by atoms with van der Waals surface area (Å²) in [7, 11) is 1.91. The van der Waals surface area contributed by atoms with Gasteiger partial charge in [0.15, 0.2) is 0 Å². The van der Waals surface area contributed by atoms with Gasteiger partial charge in [-0.15, -0.1) is 0 Å². The molecule has 1 aromatic heterocycles. The van der Waals surface area contributed by atoms with Crippen LogP contribution in [0.4, 0.5) is 5.69 Å². The predicted molar refractivity (Wildman–Crippen MR) is 81.9 cm³/mol. The van der Waals surface area contributed by atoms with Crippen LogP contribution in [0, 0.1) is 5.92 Å². The molecule has 0 spiro atoms. The number of pyridine rings is 1. The van der Waals surface area contributed by atoms with E-state index < -0.39 is 0 Å². The molecule has 20 heavy (non-hydrogen) atoms. The lowest BCUT2D eigenvalue weighted by Crippen LogP contribution is -2.31. The zero-order chi connectivity index (χ0) is 14.4. The van der Waals surface area contributed by atoms with E-state index in [0.29, 0.717) is 5.92 Å². The fourth-order valence-corrected chi connectivity index (χ4v) is 2.85. The van der Waals surface area contributed by atoms with Gasteiger partial charge in [-0.2, -0.15) is 0 Å². The van der Waals surface area contributed by atoms with E-state index in [1.165, 1.54) is 25.7 Å². The van der Waals surface area contributed by atoms with E-state index >= 15 is 0 Å². The van der Waals surface area contributed by atoms with Gasteiger partial charge < -0.3 is 10.2 Å². The van der Waals surface area contributed by atoms with Crippen LogP contribution in [0.15, 0.2) is 18.5 Å². The van der Waals surface area contributed by atoms with Gasteiger partial charge in [0.2, 0.25) is 0 Å². The van der Waals surface area contributed by atoms with Crippen molar-refractivity contribution in [2.75, 3.05) is 25.5 Å². The minimum absolute atomic E-state index is 0.0953. The van der Waals surface area contributed by atoms with Crippen LogP contribution >= 0.6 is 0 Å². The van der Waals surface area contributed by atoms with Gasteiger partial charge in [0.25, 0.3) is 5.91 Å². The second kappa shape index (κ2) is 7.27. The normalized spacial score (nSPS) is 15.3. The van der Waals surface area contributed by atoms with Gasteiger partial charge in [0.1, 0.15) is 0 Å². The summed E-state index contributed by atoms with van der Waals surface area (Å²) in [5, 5.41) is 3.28. The van der Waals surface area contributed by atoms with Gasteiger partial charge in [-0.1, -0.05) is 19.8 Å². The maximum Gasteiger partial charge on any atom is 0.255 e. The molecule has 1 aromatic rings. The first-order valence-electron chi connectivity index (χ1n) is 7.65. The third-order valence-electron chi connectivity index (χ3n) is 3.97. The van der Waals surface area contributed by atoms with Gasteiger partial charge >= 0.3 is 0 Å². The van der Waals surface area contributed by atoms with Crippen LogP contribution in [0.1, 0.15) is 49.4 Å². The number of aromatic nitrogens is 1. The molecule has 0 aromatic carbocycles. The molecule has 0 radical (unpaired) electrons. The average molecular weight is 275 g/mol. The third-order valence-corrected chi connectivity index (χ3v) is 3.97. The molecule has 2 rings (SSSR count). The molecule has 1 heterocycles. The first-order valence-corrected chi connectivity index (χ1v) is 7.65. The van der Waals surface area contributed by atoms with Gasteiger partial charge in [-0.05, 0) is 31.2 Å². The summed E-state index contributed by atoms with van der Waals surface area (Å²) in [6.45, 7) is 3.84. The summed E-state index contributed by atoms with van der Waals surface area (Å²) in [6, 6.07) is 1.81. The molecule has 0 atom stereocenters. The topological polar surface area (TPSA) is 45.2 Å². The molecule has 1 saturated carbocycles. The maximum atomic E-state index is 12.6. The smallest absolute Gasteiger partial charge is 0.255 e. The standard InChI is InChI=1S/C16H25N3O/c1-3-9-18-15-11-17-10-8-14(15)16(20)19(2)12-13-6-4-5-7-13/h8,10-11,13,18H,3-7,9,12H2,1-2H3. The molecular formula is C16H25N3O. The van der Waals surface area contributed by atoms with Gasteiger partial charge in [-0.3, -0.25) is 9.78 Å². The molecule has 1 N–H and O–H groups in total. The highest BCUT2D eigenvalue weighted by Gasteiger charge is 2.21. The maximum absolute atomic E-state index is 12.6. The molecule has 1 aliphatic carbocycles. The molecule has 1 fully saturated rings. The second-order valence-corrected chi connectivity index (χ2v) is 5.68. The molecule has 0 saturated heterocycles. The van der Waals surface area contributed by atoms with Crippen LogP contribution in [0.2, 0.25) is 0 Å². The van der Waals surface area contributed by atoms with E-state index in [-0.39, 0.29) is 5.91 Å². The Bertz CT molecular complexity index is 441. The average Bonchev–Trinajstić information content (AvgIpc) is 2.97. The Morgan fingerprint density at radius 1 is 1.45 bits per heavy atom. The van der Waals surface area contributed by atoms with Crippen molar-refractivity contribution in [2.24, 2.45) is 5.92 Å². The second-order valence-electron chi connectivity index (χ2n) is 5.68. The number of carbonyl (C=O) groups is 1. The fourth-order valence-electron chi connectivity index (χ4n) is 2.85. The van der Waals surface area contributed by atoms with E-state index in [4.69, 9.17) is 0 Å². The highest BCUT2D eigenvalue weighted by Crippen LogP contribution is 2.26. The summed E-state index contributed by atoms with van der Waals surface area (Å²) >= 11 is 0. The van der Waals surface area contributed by atoms with Crippen molar-refractivity contribution >= 4 is 11.6 Å². The number of hydrogen-bond donors (Lipinski definition) is 1. The van der Waals surface area contributed by atoms with Crippen LogP contribution in [-0.2, 0) is 0 Å². The number of amides is 1. The molecule has 1 aliphatic rings. The first kappa shape index (κ1) is 14.8. The van der Waals surface area contributed by atoms with E-state index in [1.807, 2.05) is 18.0 Å². The molecule has 1 amide bonds. The van der Waals surface area contributed by atoms with Crippen molar-refractivity contribution in [3.05, 3.63) is 24.0 Å². The van der Waals surface area contributed by atoms with E-state index in [9.17, 15) is 4.79 Å². The number of carbonyl (C=O) groups excluding carboxylic acids is 1. The van der Waals surface area contributed by atoms with Crippen molar-refractivity contribution in [1.29, 1.82) is 0 Å². The molecule has 4 nitrogen and oxygen atoms in total. The fraction of sp³-hybridized carbons (Fsp3) is 0.625.